The summed E-state index contributed by atoms with van der Waals surface area (Å²) in [5.74, 6) is -1.33. The highest BCUT2D eigenvalue weighted by molar-refractivity contribution is 5.42. The standard InChI is InChI=1S/C20H27F2N5O/c1-14-23-7-8-26(14)18(13-28-2)16-10-19-25-17(12-27(19)24-11-16)9-15-3-5-20(21,22)6-4-15/h10-12,15,18,23H,1,3-9,13H2,2H3. The van der Waals surface area contributed by atoms with Gasteiger partial charge in [-0.25, -0.2) is 18.3 Å². The Balaban J connectivity index is 1.51. The highest BCUT2D eigenvalue weighted by Crippen LogP contribution is 2.37. The number of halogens is 2. The number of imidazole rings is 1. The van der Waals surface area contributed by atoms with Crippen molar-refractivity contribution in [2.24, 2.45) is 5.92 Å². The average molecular weight is 391 g/mol. The van der Waals surface area contributed by atoms with E-state index in [1.165, 1.54) is 0 Å². The summed E-state index contributed by atoms with van der Waals surface area (Å²) in [7, 11) is 1.69. The number of nitrogens with one attached hydrogen (secondary N) is 1. The first-order chi connectivity index (χ1) is 13.4. The Morgan fingerprint density at radius 1 is 1.39 bits per heavy atom. The minimum atomic E-state index is -2.49. The zero-order chi connectivity index (χ0) is 19.7. The van der Waals surface area contributed by atoms with Crippen molar-refractivity contribution in [1.29, 1.82) is 0 Å². The largest absolute Gasteiger partial charge is 0.382 e. The number of hydrogen-bond donors (Lipinski definition) is 1. The minimum Gasteiger partial charge on any atom is -0.382 e. The van der Waals surface area contributed by atoms with E-state index in [-0.39, 0.29) is 24.8 Å². The van der Waals surface area contributed by atoms with Crippen molar-refractivity contribution in [3.63, 3.8) is 0 Å². The molecule has 2 aromatic rings. The summed E-state index contributed by atoms with van der Waals surface area (Å²) in [4.78, 5) is 6.89. The van der Waals surface area contributed by atoms with Crippen molar-refractivity contribution in [3.8, 4) is 0 Å². The summed E-state index contributed by atoms with van der Waals surface area (Å²) in [6.07, 6.45) is 5.56. The monoisotopic (exact) mass is 391 g/mol. The van der Waals surface area contributed by atoms with Crippen molar-refractivity contribution >= 4 is 5.65 Å². The van der Waals surface area contributed by atoms with Gasteiger partial charge in [0.2, 0.25) is 5.92 Å². The molecule has 6 nitrogen and oxygen atoms in total. The SMILES string of the molecule is C=C1NCCN1C(COC)c1cnn2cc(CC3CCC(F)(F)CC3)nc2c1. The van der Waals surface area contributed by atoms with Crippen LogP contribution in [0, 0.1) is 5.92 Å². The molecule has 0 bridgehead atoms. The van der Waals surface area contributed by atoms with Crippen LogP contribution >= 0.6 is 0 Å². The molecule has 1 saturated carbocycles. The molecule has 28 heavy (non-hydrogen) atoms. The Bertz CT molecular complexity index is 842. The first-order valence-corrected chi connectivity index (χ1v) is 9.85. The number of nitrogens with zero attached hydrogens (tertiary/aromatic N) is 4. The van der Waals surface area contributed by atoms with Crippen molar-refractivity contribution in [1.82, 2.24) is 24.8 Å². The van der Waals surface area contributed by atoms with Gasteiger partial charge in [-0.3, -0.25) is 0 Å². The molecule has 4 rings (SSSR count). The van der Waals surface area contributed by atoms with Crippen molar-refractivity contribution < 1.29 is 13.5 Å². The molecule has 0 spiro atoms. The molecule has 152 valence electrons. The van der Waals surface area contributed by atoms with E-state index in [0.29, 0.717) is 19.4 Å². The third kappa shape index (κ3) is 3.97. The van der Waals surface area contributed by atoms with Gasteiger partial charge in [-0.15, -0.1) is 0 Å². The van der Waals surface area contributed by atoms with Crippen LogP contribution in [-0.2, 0) is 11.2 Å². The van der Waals surface area contributed by atoms with Gasteiger partial charge in [-0.1, -0.05) is 6.58 Å². The second-order valence-corrected chi connectivity index (χ2v) is 7.87. The van der Waals surface area contributed by atoms with E-state index in [2.05, 4.69) is 21.9 Å². The summed E-state index contributed by atoms with van der Waals surface area (Å²) in [6.45, 7) is 6.33. The zero-order valence-electron chi connectivity index (χ0n) is 16.2. The smallest absolute Gasteiger partial charge is 0.248 e. The van der Waals surface area contributed by atoms with Crippen LogP contribution in [-0.4, -0.2) is 52.2 Å². The summed E-state index contributed by atoms with van der Waals surface area (Å²) in [6, 6.07) is 2.05. The second-order valence-electron chi connectivity index (χ2n) is 7.87. The fraction of sp³-hybridized carbons (Fsp3) is 0.600. The minimum absolute atomic E-state index is 0.0140. The van der Waals surface area contributed by atoms with Crippen LogP contribution in [0.3, 0.4) is 0 Å². The fourth-order valence-corrected chi connectivity index (χ4v) is 4.25. The van der Waals surface area contributed by atoms with Gasteiger partial charge in [0.1, 0.15) is 0 Å². The third-order valence-electron chi connectivity index (χ3n) is 5.84. The summed E-state index contributed by atoms with van der Waals surface area (Å²) in [5.41, 5.74) is 2.71. The molecule has 1 unspecified atom stereocenters. The van der Waals surface area contributed by atoms with Crippen molar-refractivity contribution in [2.45, 2.75) is 44.1 Å². The number of rotatable bonds is 6. The molecule has 0 aromatic carbocycles. The summed E-state index contributed by atoms with van der Waals surface area (Å²) in [5, 5.41) is 7.77. The van der Waals surface area contributed by atoms with E-state index >= 15 is 0 Å². The third-order valence-corrected chi connectivity index (χ3v) is 5.84. The highest BCUT2D eigenvalue weighted by atomic mass is 19.3. The van der Waals surface area contributed by atoms with E-state index in [1.807, 2.05) is 18.5 Å². The molecular weight excluding hydrogens is 364 g/mol. The lowest BCUT2D eigenvalue weighted by Crippen LogP contribution is -2.29. The Kier molecular flexibility index (Phi) is 5.23. The van der Waals surface area contributed by atoms with Gasteiger partial charge >= 0.3 is 0 Å². The number of methoxy groups -OCH3 is 1. The van der Waals surface area contributed by atoms with Crippen molar-refractivity contribution in [2.75, 3.05) is 26.8 Å². The van der Waals surface area contributed by atoms with E-state index in [0.717, 1.165) is 42.2 Å². The predicted molar refractivity (Wildman–Crippen MR) is 102 cm³/mol. The van der Waals surface area contributed by atoms with Gasteiger partial charge in [-0.2, -0.15) is 5.10 Å². The quantitative estimate of drug-likeness (QED) is 0.820. The number of alkyl halides is 2. The molecule has 1 aliphatic carbocycles. The number of fused-ring (bicyclic) bond motifs is 1. The maximum atomic E-state index is 13.4. The van der Waals surface area contributed by atoms with E-state index in [9.17, 15) is 8.78 Å². The molecule has 0 radical (unpaired) electrons. The molecule has 2 fully saturated rings. The van der Waals surface area contributed by atoms with Gasteiger partial charge < -0.3 is 15.0 Å². The normalized spacial score (nSPS) is 21.2. The fourth-order valence-electron chi connectivity index (χ4n) is 4.25. The van der Waals surface area contributed by atoms with Crippen molar-refractivity contribution in [3.05, 3.63) is 42.1 Å². The van der Waals surface area contributed by atoms with Crippen LogP contribution < -0.4 is 5.32 Å². The molecule has 1 N–H and O–H groups in total. The van der Waals surface area contributed by atoms with E-state index < -0.39 is 5.92 Å². The topological polar surface area (TPSA) is 54.7 Å². The molecule has 1 aliphatic heterocycles. The first kappa shape index (κ1) is 19.1. The lowest BCUT2D eigenvalue weighted by molar-refractivity contribution is -0.0457. The van der Waals surface area contributed by atoms with Gasteiger partial charge in [0.15, 0.2) is 5.65 Å². The first-order valence-electron chi connectivity index (χ1n) is 9.85. The predicted octanol–water partition coefficient (Wildman–Crippen LogP) is 3.16. The summed E-state index contributed by atoms with van der Waals surface area (Å²) >= 11 is 0. The molecule has 2 aliphatic rings. The Labute approximate surface area is 163 Å². The number of hydrogen-bond acceptors (Lipinski definition) is 5. The lowest BCUT2D eigenvalue weighted by atomic mass is 9.84. The summed E-state index contributed by atoms with van der Waals surface area (Å²) < 4.78 is 33.9. The number of aromatic nitrogens is 3. The molecule has 1 saturated heterocycles. The number of ether oxygens (including phenoxy) is 1. The Morgan fingerprint density at radius 3 is 2.86 bits per heavy atom. The Morgan fingerprint density at radius 2 is 2.18 bits per heavy atom. The molecule has 2 aromatic heterocycles. The maximum absolute atomic E-state index is 13.4. The lowest BCUT2D eigenvalue weighted by Gasteiger charge is -2.29. The van der Waals surface area contributed by atoms with Crippen LogP contribution in [0.5, 0.6) is 0 Å². The zero-order valence-corrected chi connectivity index (χ0v) is 16.2. The van der Waals surface area contributed by atoms with Gasteiger partial charge in [0, 0.05) is 38.6 Å². The molecule has 3 heterocycles. The van der Waals surface area contributed by atoms with Gasteiger partial charge in [0.05, 0.1) is 36.6 Å². The average Bonchev–Trinajstić information content (AvgIpc) is 3.26. The van der Waals surface area contributed by atoms with E-state index in [1.54, 1.807) is 11.6 Å². The van der Waals surface area contributed by atoms with Crippen LogP contribution in [0.4, 0.5) is 8.78 Å². The molecule has 0 amide bonds. The van der Waals surface area contributed by atoms with Crippen LogP contribution in [0.15, 0.2) is 30.9 Å². The highest BCUT2D eigenvalue weighted by Gasteiger charge is 2.35. The second kappa shape index (κ2) is 7.66. The maximum Gasteiger partial charge on any atom is 0.248 e. The van der Waals surface area contributed by atoms with Gasteiger partial charge in [0.25, 0.3) is 0 Å². The molecular formula is C20H27F2N5O. The molecule has 1 atom stereocenters. The Hall–Kier alpha value is -2.22. The van der Waals surface area contributed by atoms with Gasteiger partial charge in [-0.05, 0) is 31.2 Å². The van der Waals surface area contributed by atoms with Crippen LogP contribution in [0.1, 0.15) is 43.0 Å². The van der Waals surface area contributed by atoms with Crippen LogP contribution in [0.25, 0.3) is 5.65 Å². The van der Waals surface area contributed by atoms with Crippen LogP contribution in [0.2, 0.25) is 0 Å². The van der Waals surface area contributed by atoms with E-state index in [4.69, 9.17) is 9.72 Å². The molecule has 8 heteroatoms.